The lowest BCUT2D eigenvalue weighted by molar-refractivity contribution is 0.0942. The molecule has 0 unspecified atom stereocenters. The van der Waals surface area contributed by atoms with E-state index in [2.05, 4.69) is 20.8 Å². The van der Waals surface area contributed by atoms with Crippen LogP contribution in [0.2, 0.25) is 0 Å². The number of rotatable bonds is 5. The number of nitrogens with zero attached hydrogens (tertiary/aromatic N) is 4. The highest BCUT2D eigenvalue weighted by Crippen LogP contribution is 2.17. The second-order valence-electron chi connectivity index (χ2n) is 6.00. The number of anilines is 1. The predicted octanol–water partition coefficient (Wildman–Crippen LogP) is 1.64. The van der Waals surface area contributed by atoms with Crippen molar-refractivity contribution in [2.75, 3.05) is 5.32 Å². The van der Waals surface area contributed by atoms with Crippen molar-refractivity contribution in [3.63, 3.8) is 0 Å². The van der Waals surface area contributed by atoms with Crippen LogP contribution >= 0.6 is 0 Å². The lowest BCUT2D eigenvalue weighted by Gasteiger charge is -2.09. The minimum absolute atomic E-state index is 0.280. The molecule has 2 aromatic heterocycles. The summed E-state index contributed by atoms with van der Waals surface area (Å²) in [5.74, 6) is -0.605. The smallest absolute Gasteiger partial charge is 0.271 e. The van der Waals surface area contributed by atoms with Gasteiger partial charge in [-0.2, -0.15) is 10.2 Å². The van der Waals surface area contributed by atoms with Crippen molar-refractivity contribution in [3.05, 3.63) is 65.2 Å². The summed E-state index contributed by atoms with van der Waals surface area (Å²) in [6, 6.07) is 7.27. The quantitative estimate of drug-likeness (QED) is 0.730. The molecule has 0 spiro atoms. The highest BCUT2D eigenvalue weighted by atomic mass is 16.2. The maximum absolute atomic E-state index is 12.6. The Labute approximate surface area is 150 Å². The van der Waals surface area contributed by atoms with Crippen LogP contribution in [0.5, 0.6) is 0 Å². The van der Waals surface area contributed by atoms with Crippen LogP contribution in [-0.4, -0.2) is 31.4 Å². The van der Waals surface area contributed by atoms with Crippen LogP contribution in [0.1, 0.15) is 32.0 Å². The summed E-state index contributed by atoms with van der Waals surface area (Å²) in [6.45, 7) is 2.20. The lowest BCUT2D eigenvalue weighted by Crippen LogP contribution is -2.26. The third-order valence-electron chi connectivity index (χ3n) is 4.00. The number of carbonyl (C=O) groups is 2. The molecule has 0 aliphatic rings. The second kappa shape index (κ2) is 7.22. The molecule has 0 saturated carbocycles. The third-order valence-corrected chi connectivity index (χ3v) is 4.00. The Morgan fingerprint density at radius 3 is 2.54 bits per heavy atom. The van der Waals surface area contributed by atoms with Crippen molar-refractivity contribution in [1.82, 2.24) is 24.9 Å². The first-order valence-corrected chi connectivity index (χ1v) is 8.10. The molecule has 8 nitrogen and oxygen atoms in total. The number of hydrogen-bond acceptors (Lipinski definition) is 4. The van der Waals surface area contributed by atoms with Gasteiger partial charge in [0.25, 0.3) is 11.8 Å². The Hall–Kier alpha value is -3.42. The van der Waals surface area contributed by atoms with Gasteiger partial charge < -0.3 is 10.6 Å². The highest BCUT2D eigenvalue weighted by Gasteiger charge is 2.19. The summed E-state index contributed by atoms with van der Waals surface area (Å²) >= 11 is 0. The molecule has 0 fully saturated rings. The van der Waals surface area contributed by atoms with E-state index in [1.165, 1.54) is 10.9 Å². The molecule has 26 heavy (non-hydrogen) atoms. The fraction of sp³-hybridized carbons (Fsp3) is 0.222. The zero-order valence-electron chi connectivity index (χ0n) is 14.9. The van der Waals surface area contributed by atoms with Gasteiger partial charge in [0.2, 0.25) is 0 Å². The molecule has 134 valence electrons. The van der Waals surface area contributed by atoms with Crippen LogP contribution in [0.3, 0.4) is 0 Å². The molecule has 0 radical (unpaired) electrons. The van der Waals surface area contributed by atoms with Crippen molar-refractivity contribution in [3.8, 4) is 0 Å². The van der Waals surface area contributed by atoms with Crippen LogP contribution in [0.25, 0.3) is 0 Å². The molecule has 2 heterocycles. The summed E-state index contributed by atoms with van der Waals surface area (Å²) in [7, 11) is 3.47. The van der Waals surface area contributed by atoms with Gasteiger partial charge in [-0.05, 0) is 18.6 Å². The molecule has 3 rings (SSSR count). The van der Waals surface area contributed by atoms with Gasteiger partial charge in [0.05, 0.1) is 18.1 Å². The number of hydrogen-bond donors (Lipinski definition) is 2. The van der Waals surface area contributed by atoms with Gasteiger partial charge in [0.1, 0.15) is 5.69 Å². The van der Waals surface area contributed by atoms with Gasteiger partial charge >= 0.3 is 0 Å². The standard InChI is InChI=1S/C18H20N6O2/c1-12-6-4-5-7-14(12)17(25)22-15-10-21-24(3)16(15)18(26)19-8-13-9-20-23(2)11-13/h4-7,9-11H,8H2,1-3H3,(H,19,26)(H,22,25). The van der Waals surface area contributed by atoms with E-state index >= 15 is 0 Å². The number of nitrogens with one attached hydrogen (secondary N) is 2. The first-order chi connectivity index (χ1) is 12.5. The Morgan fingerprint density at radius 1 is 1.08 bits per heavy atom. The zero-order chi connectivity index (χ0) is 18.7. The van der Waals surface area contributed by atoms with Crippen molar-refractivity contribution < 1.29 is 9.59 Å². The van der Waals surface area contributed by atoms with E-state index in [4.69, 9.17) is 0 Å². The summed E-state index contributed by atoms with van der Waals surface area (Å²) in [5, 5.41) is 13.7. The Kier molecular flexibility index (Phi) is 4.83. The summed E-state index contributed by atoms with van der Waals surface area (Å²) in [4.78, 5) is 25.1. The molecular weight excluding hydrogens is 332 g/mol. The van der Waals surface area contributed by atoms with Gasteiger partial charge in [-0.1, -0.05) is 18.2 Å². The first-order valence-electron chi connectivity index (χ1n) is 8.10. The lowest BCUT2D eigenvalue weighted by atomic mass is 10.1. The van der Waals surface area contributed by atoms with E-state index in [-0.39, 0.29) is 17.5 Å². The Bertz CT molecular complexity index is 956. The van der Waals surface area contributed by atoms with Crippen LogP contribution < -0.4 is 10.6 Å². The second-order valence-corrected chi connectivity index (χ2v) is 6.00. The summed E-state index contributed by atoms with van der Waals surface area (Å²) in [5.41, 5.74) is 2.95. The summed E-state index contributed by atoms with van der Waals surface area (Å²) in [6.07, 6.45) is 4.98. The van der Waals surface area contributed by atoms with Crippen molar-refractivity contribution in [2.24, 2.45) is 14.1 Å². The Morgan fingerprint density at radius 2 is 1.85 bits per heavy atom. The number of aryl methyl sites for hydroxylation is 3. The molecule has 2 amide bonds. The largest absolute Gasteiger partial charge is 0.346 e. The predicted molar refractivity (Wildman–Crippen MR) is 96.7 cm³/mol. The minimum Gasteiger partial charge on any atom is -0.346 e. The molecule has 8 heteroatoms. The molecule has 0 atom stereocenters. The van der Waals surface area contributed by atoms with E-state index in [1.54, 1.807) is 30.1 Å². The first kappa shape index (κ1) is 17.4. The van der Waals surface area contributed by atoms with Crippen LogP contribution in [-0.2, 0) is 20.6 Å². The number of benzene rings is 1. The molecule has 0 saturated heterocycles. The molecule has 0 bridgehead atoms. The van der Waals surface area contributed by atoms with Gasteiger partial charge in [-0.3, -0.25) is 19.0 Å². The number of carbonyl (C=O) groups excluding carboxylic acids is 2. The van der Waals surface area contributed by atoms with E-state index in [0.29, 0.717) is 17.8 Å². The maximum atomic E-state index is 12.6. The third kappa shape index (κ3) is 3.64. The van der Waals surface area contributed by atoms with Gasteiger partial charge in [-0.25, -0.2) is 0 Å². The SMILES string of the molecule is Cc1ccccc1C(=O)Nc1cnn(C)c1C(=O)NCc1cnn(C)c1. The van der Waals surface area contributed by atoms with E-state index in [1.807, 2.05) is 32.3 Å². The maximum Gasteiger partial charge on any atom is 0.271 e. The highest BCUT2D eigenvalue weighted by molar-refractivity contribution is 6.08. The van der Waals surface area contributed by atoms with Gasteiger partial charge in [0.15, 0.2) is 0 Å². The normalized spacial score (nSPS) is 10.6. The van der Waals surface area contributed by atoms with Gasteiger partial charge in [0, 0.05) is 38.0 Å². The van der Waals surface area contributed by atoms with Crippen molar-refractivity contribution >= 4 is 17.5 Å². The fourth-order valence-electron chi connectivity index (χ4n) is 2.64. The van der Waals surface area contributed by atoms with Crippen LogP contribution in [0.4, 0.5) is 5.69 Å². The Balaban J connectivity index is 1.75. The molecule has 3 aromatic rings. The van der Waals surface area contributed by atoms with E-state index < -0.39 is 0 Å². The van der Waals surface area contributed by atoms with Crippen LogP contribution in [0, 0.1) is 6.92 Å². The zero-order valence-corrected chi connectivity index (χ0v) is 14.9. The molecular formula is C18H20N6O2. The van der Waals surface area contributed by atoms with Gasteiger partial charge in [-0.15, -0.1) is 0 Å². The number of aromatic nitrogens is 4. The average Bonchev–Trinajstić information content (AvgIpc) is 3.19. The molecule has 1 aromatic carbocycles. The van der Waals surface area contributed by atoms with Crippen molar-refractivity contribution in [2.45, 2.75) is 13.5 Å². The minimum atomic E-state index is -0.325. The van der Waals surface area contributed by atoms with E-state index in [9.17, 15) is 9.59 Å². The molecule has 2 N–H and O–H groups in total. The molecule has 0 aliphatic carbocycles. The number of amides is 2. The van der Waals surface area contributed by atoms with E-state index in [0.717, 1.165) is 11.1 Å². The fourth-order valence-corrected chi connectivity index (χ4v) is 2.64. The summed E-state index contributed by atoms with van der Waals surface area (Å²) < 4.78 is 3.10. The van der Waals surface area contributed by atoms with Crippen molar-refractivity contribution in [1.29, 1.82) is 0 Å². The molecule has 0 aliphatic heterocycles. The van der Waals surface area contributed by atoms with Crippen LogP contribution in [0.15, 0.2) is 42.9 Å². The monoisotopic (exact) mass is 352 g/mol. The topological polar surface area (TPSA) is 93.8 Å². The average molecular weight is 352 g/mol.